The molecule has 0 saturated heterocycles. The first kappa shape index (κ1) is 20.9. The minimum Gasteiger partial charge on any atom is -0.468 e. The van der Waals surface area contributed by atoms with Crippen LogP contribution in [0.1, 0.15) is 41.6 Å². The Bertz CT molecular complexity index is 677. The van der Waals surface area contributed by atoms with Crippen molar-refractivity contribution in [1.82, 2.24) is 0 Å². The normalized spacial score (nSPS) is 11.0. The number of benzene rings is 2. The van der Waals surface area contributed by atoms with Crippen molar-refractivity contribution in [2.24, 2.45) is 0 Å². The van der Waals surface area contributed by atoms with E-state index in [0.717, 1.165) is 37.2 Å². The van der Waals surface area contributed by atoms with Gasteiger partial charge in [-0.25, -0.2) is 0 Å². The molecular formula is C23H28O4. The van der Waals surface area contributed by atoms with Crippen LogP contribution in [0, 0.1) is 0 Å². The predicted molar refractivity (Wildman–Crippen MR) is 108 cm³/mol. The highest BCUT2D eigenvalue weighted by atomic mass is 16.7. The van der Waals surface area contributed by atoms with Gasteiger partial charge in [0.25, 0.3) is 0 Å². The Hall–Kier alpha value is -2.43. The molecule has 0 bridgehead atoms. The van der Waals surface area contributed by atoms with Crippen LogP contribution in [0.25, 0.3) is 6.08 Å². The number of ether oxygens (including phenoxy) is 3. The smallest absolute Gasteiger partial charge is 0.189 e. The summed E-state index contributed by atoms with van der Waals surface area (Å²) in [5, 5.41) is 0. The molecule has 0 aliphatic rings. The number of carbonyl (C=O) groups is 1. The second-order valence-corrected chi connectivity index (χ2v) is 6.21. The van der Waals surface area contributed by atoms with Crippen LogP contribution in [-0.2, 0) is 9.47 Å². The van der Waals surface area contributed by atoms with Crippen molar-refractivity contribution in [3.05, 3.63) is 71.8 Å². The third-order valence-electron chi connectivity index (χ3n) is 4.06. The monoisotopic (exact) mass is 368 g/mol. The van der Waals surface area contributed by atoms with Crippen LogP contribution < -0.4 is 4.74 Å². The van der Waals surface area contributed by atoms with E-state index in [-0.39, 0.29) is 12.6 Å². The third kappa shape index (κ3) is 8.67. The summed E-state index contributed by atoms with van der Waals surface area (Å²) in [6.45, 7) is 1.78. The summed E-state index contributed by atoms with van der Waals surface area (Å²) in [5.74, 6) is 0.744. The van der Waals surface area contributed by atoms with Crippen LogP contribution in [0.15, 0.2) is 60.7 Å². The van der Waals surface area contributed by atoms with Gasteiger partial charge in [-0.1, -0.05) is 61.4 Å². The lowest BCUT2D eigenvalue weighted by Gasteiger charge is -2.07. The van der Waals surface area contributed by atoms with E-state index >= 15 is 0 Å². The molecule has 0 unspecified atom stereocenters. The molecule has 0 fully saturated rings. The molecule has 4 heteroatoms. The number of unbranched alkanes of at least 4 members (excludes halogenated alkanes) is 3. The van der Waals surface area contributed by atoms with Gasteiger partial charge in [0.1, 0.15) is 5.75 Å². The Morgan fingerprint density at radius 2 is 1.59 bits per heavy atom. The van der Waals surface area contributed by atoms with E-state index in [1.165, 1.54) is 6.42 Å². The lowest BCUT2D eigenvalue weighted by molar-refractivity contribution is 0.0134. The predicted octanol–water partition coefficient (Wildman–Crippen LogP) is 5.14. The molecule has 0 aromatic heterocycles. The molecule has 0 spiro atoms. The number of hydrogen-bond donors (Lipinski definition) is 0. The molecule has 2 rings (SSSR count). The summed E-state index contributed by atoms with van der Waals surface area (Å²) in [6.07, 6.45) is 7.84. The summed E-state index contributed by atoms with van der Waals surface area (Å²) < 4.78 is 16.1. The maximum absolute atomic E-state index is 12.1. The molecule has 0 heterocycles. The number of methoxy groups -OCH3 is 1. The minimum absolute atomic E-state index is 0.00783. The van der Waals surface area contributed by atoms with Gasteiger partial charge in [-0.05, 0) is 36.6 Å². The second kappa shape index (κ2) is 12.8. The Kier molecular flexibility index (Phi) is 9.93. The van der Waals surface area contributed by atoms with Crippen LogP contribution in [0.3, 0.4) is 0 Å². The van der Waals surface area contributed by atoms with Crippen LogP contribution >= 0.6 is 0 Å². The molecule has 0 radical (unpaired) electrons. The fraction of sp³-hybridized carbons (Fsp3) is 0.348. The molecular weight excluding hydrogens is 340 g/mol. The lowest BCUT2D eigenvalue weighted by Crippen LogP contribution is -2.04. The van der Waals surface area contributed by atoms with E-state index in [1.807, 2.05) is 54.6 Å². The van der Waals surface area contributed by atoms with Crippen molar-refractivity contribution in [1.29, 1.82) is 0 Å². The fourth-order valence-corrected chi connectivity index (χ4v) is 2.52. The molecule has 0 amide bonds. The molecule has 0 atom stereocenters. The number of carbonyl (C=O) groups excluding carboxylic acids is 1. The first-order chi connectivity index (χ1) is 13.3. The van der Waals surface area contributed by atoms with E-state index in [2.05, 4.69) is 0 Å². The molecule has 4 nitrogen and oxygen atoms in total. The summed E-state index contributed by atoms with van der Waals surface area (Å²) in [6, 6.07) is 16.8. The Labute approximate surface area is 161 Å². The van der Waals surface area contributed by atoms with Crippen molar-refractivity contribution in [3.63, 3.8) is 0 Å². The number of allylic oxidation sites excluding steroid dienone is 1. The lowest BCUT2D eigenvalue weighted by atomic mass is 10.1. The quantitative estimate of drug-likeness (QED) is 0.212. The van der Waals surface area contributed by atoms with Gasteiger partial charge in [-0.15, -0.1) is 0 Å². The highest BCUT2D eigenvalue weighted by Gasteiger charge is 2.00. The van der Waals surface area contributed by atoms with Gasteiger partial charge in [0.05, 0.1) is 6.61 Å². The standard InChI is InChI=1S/C23H28O4/c1-25-17-7-2-3-8-18-26-19-27-22-14-11-20(12-15-22)13-16-23(24)21-9-5-4-6-10-21/h4-6,9-16H,2-3,7-8,17-19H2,1H3. The van der Waals surface area contributed by atoms with Crippen molar-refractivity contribution < 1.29 is 19.0 Å². The number of rotatable bonds is 13. The second-order valence-electron chi connectivity index (χ2n) is 6.21. The molecule has 0 saturated carbocycles. The average Bonchev–Trinajstić information content (AvgIpc) is 2.72. The largest absolute Gasteiger partial charge is 0.468 e. The van der Waals surface area contributed by atoms with Crippen molar-refractivity contribution >= 4 is 11.9 Å². The first-order valence-corrected chi connectivity index (χ1v) is 9.36. The summed E-state index contributed by atoms with van der Waals surface area (Å²) in [7, 11) is 1.73. The highest BCUT2D eigenvalue weighted by Crippen LogP contribution is 2.14. The summed E-state index contributed by atoms with van der Waals surface area (Å²) in [4.78, 5) is 12.1. The van der Waals surface area contributed by atoms with Gasteiger partial charge in [-0.3, -0.25) is 4.79 Å². The molecule has 2 aromatic rings. The molecule has 0 N–H and O–H groups in total. The Morgan fingerprint density at radius 1 is 0.889 bits per heavy atom. The van der Waals surface area contributed by atoms with Crippen LogP contribution in [0.5, 0.6) is 5.75 Å². The van der Waals surface area contributed by atoms with E-state index in [1.54, 1.807) is 19.3 Å². The zero-order valence-electron chi connectivity index (χ0n) is 15.9. The molecule has 144 valence electrons. The molecule has 0 aliphatic carbocycles. The summed E-state index contributed by atoms with van der Waals surface area (Å²) in [5.41, 5.74) is 1.63. The van der Waals surface area contributed by atoms with Crippen molar-refractivity contribution in [2.75, 3.05) is 27.1 Å². The van der Waals surface area contributed by atoms with Gasteiger partial charge in [-0.2, -0.15) is 0 Å². The average molecular weight is 368 g/mol. The van der Waals surface area contributed by atoms with Gasteiger partial charge in [0.2, 0.25) is 0 Å². The number of hydrogen-bond acceptors (Lipinski definition) is 4. The van der Waals surface area contributed by atoms with Crippen LogP contribution in [-0.4, -0.2) is 32.9 Å². The van der Waals surface area contributed by atoms with Crippen LogP contribution in [0.2, 0.25) is 0 Å². The third-order valence-corrected chi connectivity index (χ3v) is 4.06. The van der Waals surface area contributed by atoms with E-state index < -0.39 is 0 Å². The van der Waals surface area contributed by atoms with Gasteiger partial charge < -0.3 is 14.2 Å². The first-order valence-electron chi connectivity index (χ1n) is 9.36. The maximum atomic E-state index is 12.1. The SMILES string of the molecule is COCCCCCCOCOc1ccc(C=CC(=O)c2ccccc2)cc1. The molecule has 2 aromatic carbocycles. The van der Waals surface area contributed by atoms with Crippen LogP contribution in [0.4, 0.5) is 0 Å². The summed E-state index contributed by atoms with van der Waals surface area (Å²) >= 11 is 0. The Morgan fingerprint density at radius 3 is 2.30 bits per heavy atom. The maximum Gasteiger partial charge on any atom is 0.189 e. The molecule has 27 heavy (non-hydrogen) atoms. The highest BCUT2D eigenvalue weighted by molar-refractivity contribution is 6.06. The van der Waals surface area contributed by atoms with Gasteiger partial charge in [0, 0.05) is 19.3 Å². The van der Waals surface area contributed by atoms with Crippen molar-refractivity contribution in [3.8, 4) is 5.75 Å². The Balaban J connectivity index is 1.63. The zero-order chi connectivity index (χ0) is 19.2. The van der Waals surface area contributed by atoms with E-state index in [0.29, 0.717) is 12.2 Å². The topological polar surface area (TPSA) is 44.8 Å². The van der Waals surface area contributed by atoms with E-state index in [9.17, 15) is 4.79 Å². The van der Waals surface area contributed by atoms with Gasteiger partial charge >= 0.3 is 0 Å². The van der Waals surface area contributed by atoms with Gasteiger partial charge in [0.15, 0.2) is 12.6 Å². The number of ketones is 1. The van der Waals surface area contributed by atoms with Crippen molar-refractivity contribution in [2.45, 2.75) is 25.7 Å². The minimum atomic E-state index is -0.00783. The fourth-order valence-electron chi connectivity index (χ4n) is 2.52. The zero-order valence-corrected chi connectivity index (χ0v) is 15.9. The molecule has 0 aliphatic heterocycles. The van der Waals surface area contributed by atoms with E-state index in [4.69, 9.17) is 14.2 Å².